The zero-order chi connectivity index (χ0) is 8.67. The molecule has 0 atom stereocenters. The Bertz CT molecular complexity index is 568. The number of aromatic nitrogens is 3. The van der Waals surface area contributed by atoms with Crippen molar-refractivity contribution in [1.82, 2.24) is 15.2 Å². The molecule has 0 aliphatic rings. The molecule has 13 heavy (non-hydrogen) atoms. The van der Waals surface area contributed by atoms with E-state index in [-0.39, 0.29) is 0 Å². The molecule has 3 rings (SSSR count). The van der Waals surface area contributed by atoms with Gasteiger partial charge in [-0.05, 0) is 18.2 Å². The van der Waals surface area contributed by atoms with Crippen molar-refractivity contribution in [2.45, 2.75) is 0 Å². The molecule has 3 heteroatoms. The molecule has 0 amide bonds. The van der Waals surface area contributed by atoms with Crippen molar-refractivity contribution in [3.63, 3.8) is 0 Å². The van der Waals surface area contributed by atoms with Gasteiger partial charge in [0.1, 0.15) is 0 Å². The van der Waals surface area contributed by atoms with E-state index in [0.717, 1.165) is 21.8 Å². The van der Waals surface area contributed by atoms with Gasteiger partial charge in [-0.15, -0.1) is 0 Å². The second-order valence-corrected chi connectivity index (χ2v) is 2.96. The summed E-state index contributed by atoms with van der Waals surface area (Å²) in [6.07, 6.45) is 3.56. The van der Waals surface area contributed by atoms with E-state index in [4.69, 9.17) is 0 Å². The van der Waals surface area contributed by atoms with Gasteiger partial charge < -0.3 is 0 Å². The van der Waals surface area contributed by atoms with Crippen LogP contribution in [0.2, 0.25) is 0 Å². The second kappa shape index (κ2) is 2.29. The number of hydrogen-bond acceptors (Lipinski definition) is 2. The van der Waals surface area contributed by atoms with Crippen molar-refractivity contribution in [3.05, 3.63) is 36.7 Å². The highest BCUT2D eigenvalue weighted by molar-refractivity contribution is 6.03. The van der Waals surface area contributed by atoms with Gasteiger partial charge in [0, 0.05) is 23.2 Å². The summed E-state index contributed by atoms with van der Waals surface area (Å²) in [5.41, 5.74) is 2.06. The Morgan fingerprint density at radius 2 is 2.00 bits per heavy atom. The van der Waals surface area contributed by atoms with Crippen LogP contribution in [-0.4, -0.2) is 15.2 Å². The lowest BCUT2D eigenvalue weighted by atomic mass is 10.2. The first-order valence-electron chi connectivity index (χ1n) is 4.12. The number of nitrogens with zero attached hydrogens (tertiary/aromatic N) is 2. The Morgan fingerprint density at radius 1 is 1.00 bits per heavy atom. The third-order valence-corrected chi connectivity index (χ3v) is 2.21. The molecule has 2 aromatic heterocycles. The Hall–Kier alpha value is -1.90. The van der Waals surface area contributed by atoms with E-state index in [2.05, 4.69) is 15.2 Å². The van der Waals surface area contributed by atoms with Crippen molar-refractivity contribution in [2.24, 2.45) is 0 Å². The summed E-state index contributed by atoms with van der Waals surface area (Å²) in [5.74, 6) is 0. The molecule has 1 N–H and O–H groups in total. The highest BCUT2D eigenvalue weighted by Crippen LogP contribution is 2.21. The lowest BCUT2D eigenvalue weighted by Crippen LogP contribution is -1.82. The van der Waals surface area contributed by atoms with Crippen LogP contribution in [0.1, 0.15) is 0 Å². The van der Waals surface area contributed by atoms with Crippen LogP contribution in [0, 0.1) is 0 Å². The molecule has 1 aromatic carbocycles. The topological polar surface area (TPSA) is 41.6 Å². The van der Waals surface area contributed by atoms with E-state index in [9.17, 15) is 0 Å². The highest BCUT2D eigenvalue weighted by Gasteiger charge is 2.00. The summed E-state index contributed by atoms with van der Waals surface area (Å²) in [6, 6.07) is 8.04. The monoisotopic (exact) mass is 169 g/mol. The number of aromatic amines is 1. The number of benzene rings is 1. The average Bonchev–Trinajstić information content (AvgIpc) is 2.65. The fourth-order valence-corrected chi connectivity index (χ4v) is 1.58. The van der Waals surface area contributed by atoms with E-state index < -0.39 is 0 Å². The van der Waals surface area contributed by atoms with E-state index in [1.165, 1.54) is 0 Å². The summed E-state index contributed by atoms with van der Waals surface area (Å²) in [6.45, 7) is 0. The number of fused-ring (bicyclic) bond motifs is 3. The summed E-state index contributed by atoms with van der Waals surface area (Å²) >= 11 is 0. The lowest BCUT2D eigenvalue weighted by molar-refractivity contribution is 1.08. The predicted octanol–water partition coefficient (Wildman–Crippen LogP) is 2.11. The minimum atomic E-state index is 1.01. The third-order valence-electron chi connectivity index (χ3n) is 2.21. The standard InChI is InChI=1S/C10H7N3/c1-2-9-8(4-5-11-9)10-7(1)3-6-12-13-10/h1-6,13H. The molecule has 62 valence electrons. The predicted molar refractivity (Wildman–Crippen MR) is 51.4 cm³/mol. The first kappa shape index (κ1) is 6.60. The highest BCUT2D eigenvalue weighted by atomic mass is 15.1. The normalized spacial score (nSPS) is 11.1. The summed E-state index contributed by atoms with van der Waals surface area (Å²) < 4.78 is 0. The first-order valence-corrected chi connectivity index (χ1v) is 4.12. The summed E-state index contributed by atoms with van der Waals surface area (Å²) in [7, 11) is 0. The SMILES string of the molecule is c1cc2ccc3nccc3c2[nH]n1. The molecular formula is C10H7N3. The summed E-state index contributed by atoms with van der Waals surface area (Å²) in [4.78, 5) is 4.22. The molecule has 0 aliphatic carbocycles. The molecule has 0 bridgehead atoms. The van der Waals surface area contributed by atoms with Gasteiger partial charge >= 0.3 is 0 Å². The average molecular weight is 169 g/mol. The van der Waals surface area contributed by atoms with Crippen molar-refractivity contribution in [3.8, 4) is 0 Å². The van der Waals surface area contributed by atoms with E-state index in [0.29, 0.717) is 0 Å². The Balaban J connectivity index is 2.65. The van der Waals surface area contributed by atoms with Gasteiger partial charge in [0.05, 0.1) is 11.0 Å². The zero-order valence-electron chi connectivity index (χ0n) is 6.86. The van der Waals surface area contributed by atoms with Crippen LogP contribution in [0.25, 0.3) is 21.8 Å². The largest absolute Gasteiger partial charge is 0.277 e. The maximum atomic E-state index is 4.22. The van der Waals surface area contributed by atoms with Gasteiger partial charge in [-0.2, -0.15) is 5.10 Å². The fraction of sp³-hybridized carbons (Fsp3) is 0. The van der Waals surface area contributed by atoms with Gasteiger partial charge in [0.15, 0.2) is 0 Å². The van der Waals surface area contributed by atoms with Crippen LogP contribution in [-0.2, 0) is 0 Å². The Morgan fingerprint density at radius 3 is 3.00 bits per heavy atom. The summed E-state index contributed by atoms with van der Waals surface area (Å²) in [5, 5.41) is 9.27. The minimum absolute atomic E-state index is 1.01. The van der Waals surface area contributed by atoms with Crippen LogP contribution in [0.3, 0.4) is 0 Å². The molecule has 0 saturated heterocycles. The van der Waals surface area contributed by atoms with Crippen LogP contribution >= 0.6 is 0 Å². The molecule has 0 unspecified atom stereocenters. The molecule has 3 aromatic rings. The van der Waals surface area contributed by atoms with Crippen LogP contribution < -0.4 is 0 Å². The van der Waals surface area contributed by atoms with E-state index in [1.54, 1.807) is 6.20 Å². The van der Waals surface area contributed by atoms with Gasteiger partial charge in [-0.25, -0.2) is 0 Å². The minimum Gasteiger partial charge on any atom is -0.277 e. The van der Waals surface area contributed by atoms with E-state index in [1.807, 2.05) is 30.5 Å². The smallest absolute Gasteiger partial charge is 0.0729 e. The van der Waals surface area contributed by atoms with Gasteiger partial charge in [0.25, 0.3) is 0 Å². The quantitative estimate of drug-likeness (QED) is 0.560. The Kier molecular flexibility index (Phi) is 1.16. The zero-order valence-corrected chi connectivity index (χ0v) is 6.86. The van der Waals surface area contributed by atoms with Crippen LogP contribution in [0.5, 0.6) is 0 Å². The third kappa shape index (κ3) is 0.839. The van der Waals surface area contributed by atoms with Crippen LogP contribution in [0.15, 0.2) is 36.7 Å². The van der Waals surface area contributed by atoms with Crippen molar-refractivity contribution in [2.75, 3.05) is 0 Å². The molecule has 0 aliphatic heterocycles. The number of hydrogen-bond donors (Lipinski definition) is 1. The van der Waals surface area contributed by atoms with Crippen molar-refractivity contribution >= 4 is 21.8 Å². The van der Waals surface area contributed by atoms with Crippen molar-refractivity contribution in [1.29, 1.82) is 0 Å². The Labute approximate surface area is 74.4 Å². The number of H-pyrrole nitrogens is 1. The molecule has 0 spiro atoms. The molecule has 2 heterocycles. The number of rotatable bonds is 0. The van der Waals surface area contributed by atoms with E-state index >= 15 is 0 Å². The van der Waals surface area contributed by atoms with Crippen LogP contribution in [0.4, 0.5) is 0 Å². The van der Waals surface area contributed by atoms with Gasteiger partial charge in [-0.3, -0.25) is 10.1 Å². The van der Waals surface area contributed by atoms with Crippen molar-refractivity contribution < 1.29 is 0 Å². The maximum Gasteiger partial charge on any atom is 0.0729 e. The number of nitrogens with one attached hydrogen (secondary N) is 1. The molecule has 0 radical (unpaired) electrons. The maximum absolute atomic E-state index is 4.22. The molecular weight excluding hydrogens is 162 g/mol. The van der Waals surface area contributed by atoms with Gasteiger partial charge in [-0.1, -0.05) is 6.07 Å². The molecule has 0 saturated carbocycles. The first-order chi connectivity index (χ1) is 6.45. The molecule has 0 fully saturated rings. The molecule has 3 nitrogen and oxygen atoms in total. The lowest BCUT2D eigenvalue weighted by Gasteiger charge is -1.97. The fourth-order valence-electron chi connectivity index (χ4n) is 1.58. The second-order valence-electron chi connectivity index (χ2n) is 2.96. The van der Waals surface area contributed by atoms with Gasteiger partial charge in [0.2, 0.25) is 0 Å².